The number of nitrogens with zero attached hydrogens (tertiary/aromatic N) is 2. The van der Waals surface area contributed by atoms with E-state index in [0.717, 1.165) is 37.0 Å². The Balaban J connectivity index is 1.75. The first-order valence-electron chi connectivity index (χ1n) is 7.53. The third-order valence-corrected chi connectivity index (χ3v) is 4.21. The molecule has 0 atom stereocenters. The second-order valence-corrected chi connectivity index (χ2v) is 5.99. The molecule has 1 aliphatic rings. The summed E-state index contributed by atoms with van der Waals surface area (Å²) in [7, 11) is 0. The number of aryl methyl sites for hydroxylation is 1. The van der Waals surface area contributed by atoms with E-state index >= 15 is 0 Å². The van der Waals surface area contributed by atoms with Crippen molar-refractivity contribution in [2.24, 2.45) is 0 Å². The van der Waals surface area contributed by atoms with Crippen LogP contribution in [-0.4, -0.2) is 32.5 Å². The van der Waals surface area contributed by atoms with E-state index in [1.54, 1.807) is 10.5 Å². The van der Waals surface area contributed by atoms with Crippen molar-refractivity contribution in [3.8, 4) is 0 Å². The zero-order chi connectivity index (χ0) is 14.9. The van der Waals surface area contributed by atoms with Gasteiger partial charge in [-0.05, 0) is 31.9 Å². The summed E-state index contributed by atoms with van der Waals surface area (Å²) in [6.07, 6.45) is 6.61. The molecule has 1 fully saturated rings. The summed E-state index contributed by atoms with van der Waals surface area (Å²) in [5.74, 6) is -0.169. The molecule has 5 heteroatoms. The molecule has 0 aromatic carbocycles. The summed E-state index contributed by atoms with van der Waals surface area (Å²) in [4.78, 5) is 16.7. The first-order chi connectivity index (χ1) is 10.1. The largest absolute Gasteiger partial charge is 0.388 e. The van der Waals surface area contributed by atoms with Crippen LogP contribution in [0.2, 0.25) is 0 Å². The van der Waals surface area contributed by atoms with Crippen molar-refractivity contribution in [1.29, 1.82) is 0 Å². The molecule has 2 aromatic heterocycles. The molecule has 3 rings (SSSR count). The number of amides is 1. The van der Waals surface area contributed by atoms with Crippen molar-refractivity contribution in [2.45, 2.75) is 44.6 Å². The molecule has 0 aliphatic heterocycles. The number of aliphatic hydroxyl groups is 1. The van der Waals surface area contributed by atoms with Gasteiger partial charge >= 0.3 is 0 Å². The Morgan fingerprint density at radius 3 is 2.90 bits per heavy atom. The maximum Gasteiger partial charge on any atom is 0.268 e. The predicted molar refractivity (Wildman–Crippen MR) is 80.3 cm³/mol. The van der Waals surface area contributed by atoms with E-state index < -0.39 is 5.60 Å². The number of pyridine rings is 1. The fraction of sp³-hybridized carbons (Fsp3) is 0.500. The van der Waals surface area contributed by atoms with Crippen LogP contribution in [0.5, 0.6) is 0 Å². The van der Waals surface area contributed by atoms with Gasteiger partial charge in [0.2, 0.25) is 0 Å². The van der Waals surface area contributed by atoms with Crippen molar-refractivity contribution >= 4 is 11.6 Å². The Morgan fingerprint density at radius 2 is 2.14 bits per heavy atom. The highest BCUT2D eigenvalue weighted by atomic mass is 16.3. The first kappa shape index (κ1) is 14.1. The Morgan fingerprint density at radius 1 is 1.38 bits per heavy atom. The minimum atomic E-state index is -0.743. The molecule has 0 unspecified atom stereocenters. The van der Waals surface area contributed by atoms with Gasteiger partial charge in [-0.25, -0.2) is 4.98 Å². The fourth-order valence-corrected chi connectivity index (χ4v) is 3.04. The number of aromatic nitrogens is 2. The lowest BCUT2D eigenvalue weighted by atomic mass is 9.85. The lowest BCUT2D eigenvalue weighted by molar-refractivity contribution is 0.00520. The second kappa shape index (κ2) is 5.48. The summed E-state index contributed by atoms with van der Waals surface area (Å²) < 4.78 is 1.79. The summed E-state index contributed by atoms with van der Waals surface area (Å²) in [5, 5.41) is 13.3. The Hall–Kier alpha value is -1.88. The average Bonchev–Trinajstić information content (AvgIpc) is 2.85. The normalized spacial score (nSPS) is 17.8. The number of hydrogen-bond donors (Lipinski definition) is 2. The van der Waals surface area contributed by atoms with Crippen LogP contribution in [0.1, 0.15) is 48.3 Å². The van der Waals surface area contributed by atoms with Gasteiger partial charge < -0.3 is 10.4 Å². The molecule has 0 radical (unpaired) electrons. The third kappa shape index (κ3) is 2.93. The van der Waals surface area contributed by atoms with Gasteiger partial charge in [-0.15, -0.1) is 0 Å². The van der Waals surface area contributed by atoms with Crippen LogP contribution in [0.4, 0.5) is 0 Å². The maximum atomic E-state index is 12.4. The molecule has 0 saturated heterocycles. The molecule has 5 nitrogen and oxygen atoms in total. The third-order valence-electron chi connectivity index (χ3n) is 4.21. The molecule has 0 bridgehead atoms. The van der Waals surface area contributed by atoms with E-state index in [4.69, 9.17) is 0 Å². The molecule has 2 aromatic rings. The van der Waals surface area contributed by atoms with Gasteiger partial charge in [0.25, 0.3) is 5.91 Å². The van der Waals surface area contributed by atoms with Gasteiger partial charge in [-0.2, -0.15) is 0 Å². The Labute approximate surface area is 124 Å². The first-order valence-corrected chi connectivity index (χ1v) is 7.53. The highest BCUT2D eigenvalue weighted by Crippen LogP contribution is 2.27. The standard InChI is InChI=1S/C16H21N3O2/c1-12-10-19-13(6-5-7-14(19)18-12)15(20)17-11-16(21)8-3-2-4-9-16/h5-7,10,21H,2-4,8-9,11H2,1H3,(H,17,20). The second-order valence-electron chi connectivity index (χ2n) is 5.99. The van der Waals surface area contributed by atoms with Crippen molar-refractivity contribution in [2.75, 3.05) is 6.54 Å². The smallest absolute Gasteiger partial charge is 0.268 e. The molecule has 2 heterocycles. The van der Waals surface area contributed by atoms with Crippen LogP contribution in [0, 0.1) is 6.92 Å². The van der Waals surface area contributed by atoms with Gasteiger partial charge in [0.15, 0.2) is 0 Å². The van der Waals surface area contributed by atoms with Gasteiger partial charge in [0, 0.05) is 12.7 Å². The zero-order valence-electron chi connectivity index (χ0n) is 12.3. The highest BCUT2D eigenvalue weighted by Gasteiger charge is 2.29. The van der Waals surface area contributed by atoms with Crippen molar-refractivity contribution in [3.05, 3.63) is 35.8 Å². The number of hydrogen-bond acceptors (Lipinski definition) is 3. The zero-order valence-corrected chi connectivity index (χ0v) is 12.3. The van der Waals surface area contributed by atoms with Gasteiger partial charge in [-0.1, -0.05) is 25.3 Å². The van der Waals surface area contributed by atoms with E-state index in [9.17, 15) is 9.90 Å². The van der Waals surface area contributed by atoms with Crippen LogP contribution in [0.15, 0.2) is 24.4 Å². The number of fused-ring (bicyclic) bond motifs is 1. The Bertz CT molecular complexity index is 657. The van der Waals surface area contributed by atoms with Crippen LogP contribution >= 0.6 is 0 Å². The van der Waals surface area contributed by atoms with Crippen molar-refractivity contribution in [1.82, 2.24) is 14.7 Å². The van der Waals surface area contributed by atoms with E-state index in [1.807, 2.05) is 25.3 Å². The Kier molecular flexibility index (Phi) is 3.68. The number of carbonyl (C=O) groups is 1. The van der Waals surface area contributed by atoms with E-state index in [0.29, 0.717) is 12.2 Å². The molecule has 1 saturated carbocycles. The lowest BCUT2D eigenvalue weighted by Crippen LogP contribution is -2.44. The maximum absolute atomic E-state index is 12.4. The monoisotopic (exact) mass is 287 g/mol. The summed E-state index contributed by atoms with van der Waals surface area (Å²) in [6, 6.07) is 5.47. The van der Waals surface area contributed by atoms with E-state index in [2.05, 4.69) is 10.3 Å². The van der Waals surface area contributed by atoms with Crippen molar-refractivity contribution < 1.29 is 9.90 Å². The number of rotatable bonds is 3. The van der Waals surface area contributed by atoms with Crippen LogP contribution in [0.25, 0.3) is 5.65 Å². The van der Waals surface area contributed by atoms with Crippen LogP contribution < -0.4 is 5.32 Å². The quantitative estimate of drug-likeness (QED) is 0.908. The lowest BCUT2D eigenvalue weighted by Gasteiger charge is -2.32. The number of nitrogens with one attached hydrogen (secondary N) is 1. The highest BCUT2D eigenvalue weighted by molar-refractivity contribution is 5.93. The minimum Gasteiger partial charge on any atom is -0.388 e. The van der Waals surface area contributed by atoms with Gasteiger partial charge in [-0.3, -0.25) is 9.20 Å². The topological polar surface area (TPSA) is 66.6 Å². The van der Waals surface area contributed by atoms with E-state index in [1.165, 1.54) is 6.42 Å². The average molecular weight is 287 g/mol. The van der Waals surface area contributed by atoms with Crippen LogP contribution in [-0.2, 0) is 0 Å². The van der Waals surface area contributed by atoms with Gasteiger partial charge in [0.1, 0.15) is 11.3 Å². The summed E-state index contributed by atoms with van der Waals surface area (Å²) in [6.45, 7) is 2.22. The molecule has 0 spiro atoms. The van der Waals surface area contributed by atoms with Crippen molar-refractivity contribution in [3.63, 3.8) is 0 Å². The minimum absolute atomic E-state index is 0.169. The molecule has 21 heavy (non-hydrogen) atoms. The van der Waals surface area contributed by atoms with Crippen LogP contribution in [0.3, 0.4) is 0 Å². The number of imidazole rings is 1. The fourth-order valence-electron chi connectivity index (χ4n) is 3.04. The van der Waals surface area contributed by atoms with Gasteiger partial charge in [0.05, 0.1) is 11.3 Å². The SMILES string of the molecule is Cc1cn2c(C(=O)NCC3(O)CCCCC3)cccc2n1. The molecule has 2 N–H and O–H groups in total. The van der Waals surface area contributed by atoms with E-state index in [-0.39, 0.29) is 5.91 Å². The molecule has 1 aliphatic carbocycles. The summed E-state index contributed by atoms with van der Waals surface area (Å²) in [5.41, 5.74) is 1.44. The predicted octanol–water partition coefficient (Wildman–Crippen LogP) is 2.07. The molecule has 112 valence electrons. The summed E-state index contributed by atoms with van der Waals surface area (Å²) >= 11 is 0. The number of carbonyl (C=O) groups excluding carboxylic acids is 1. The molecule has 1 amide bonds. The molecular weight excluding hydrogens is 266 g/mol. The molecular formula is C16H21N3O2.